The van der Waals surface area contributed by atoms with Crippen molar-refractivity contribution >= 4 is 0 Å². The molecule has 1 radical (unpaired) electrons. The SMILES string of the molecule is CCOC1(CC)OCC2(CO1)COC(CC)(OCC)OC2.[V]. The van der Waals surface area contributed by atoms with Crippen molar-refractivity contribution in [2.24, 2.45) is 5.41 Å². The van der Waals surface area contributed by atoms with E-state index in [-0.39, 0.29) is 24.0 Å². The fourth-order valence-corrected chi connectivity index (χ4v) is 2.60. The van der Waals surface area contributed by atoms with E-state index in [0.29, 0.717) is 52.5 Å². The van der Waals surface area contributed by atoms with Gasteiger partial charge in [-0.3, -0.25) is 0 Å². The molecule has 129 valence electrons. The Morgan fingerprint density at radius 2 is 1.00 bits per heavy atom. The second-order valence-electron chi connectivity index (χ2n) is 5.59. The minimum Gasteiger partial charge on any atom is -0.328 e. The van der Waals surface area contributed by atoms with E-state index in [1.165, 1.54) is 0 Å². The molecule has 0 saturated carbocycles. The van der Waals surface area contributed by atoms with E-state index in [1.54, 1.807) is 0 Å². The van der Waals surface area contributed by atoms with Crippen molar-refractivity contribution in [1.29, 1.82) is 0 Å². The molecule has 1 spiro atoms. The van der Waals surface area contributed by atoms with Crippen LogP contribution in [0.4, 0.5) is 0 Å². The van der Waals surface area contributed by atoms with Gasteiger partial charge in [0.05, 0.1) is 31.8 Å². The first-order chi connectivity index (χ1) is 10.1. The van der Waals surface area contributed by atoms with Crippen LogP contribution in [0.1, 0.15) is 40.5 Å². The Bertz CT molecular complexity index is 286. The molecule has 0 bridgehead atoms. The van der Waals surface area contributed by atoms with Crippen LogP contribution in [-0.2, 0) is 47.0 Å². The molecule has 0 aromatic rings. The summed E-state index contributed by atoms with van der Waals surface area (Å²) in [4.78, 5) is 0. The third-order valence-corrected chi connectivity index (χ3v) is 3.99. The summed E-state index contributed by atoms with van der Waals surface area (Å²) in [6.07, 6.45) is 1.30. The second kappa shape index (κ2) is 8.44. The van der Waals surface area contributed by atoms with Crippen molar-refractivity contribution in [3.8, 4) is 0 Å². The Hall–Kier alpha value is 0.344. The molecule has 7 heteroatoms. The fraction of sp³-hybridized carbons (Fsp3) is 1.00. The van der Waals surface area contributed by atoms with E-state index < -0.39 is 11.9 Å². The smallest absolute Gasteiger partial charge is 0.282 e. The van der Waals surface area contributed by atoms with Crippen LogP contribution in [0.5, 0.6) is 0 Å². The maximum atomic E-state index is 5.86. The summed E-state index contributed by atoms with van der Waals surface area (Å²) >= 11 is 0. The van der Waals surface area contributed by atoms with Crippen LogP contribution in [0.15, 0.2) is 0 Å². The first kappa shape index (κ1) is 20.4. The van der Waals surface area contributed by atoms with Gasteiger partial charge in [0.15, 0.2) is 0 Å². The average molecular weight is 355 g/mol. The van der Waals surface area contributed by atoms with E-state index in [0.717, 1.165) is 0 Å². The van der Waals surface area contributed by atoms with Gasteiger partial charge in [0.1, 0.15) is 0 Å². The van der Waals surface area contributed by atoms with Crippen LogP contribution in [0.2, 0.25) is 0 Å². The van der Waals surface area contributed by atoms with Crippen LogP contribution in [0.3, 0.4) is 0 Å². The molecule has 0 aromatic heterocycles. The molecular formula is C15H28O6V. The summed E-state index contributed by atoms with van der Waals surface area (Å²) in [6, 6.07) is 0. The van der Waals surface area contributed by atoms with Crippen molar-refractivity contribution in [1.82, 2.24) is 0 Å². The largest absolute Gasteiger partial charge is 0.328 e. The minimum absolute atomic E-state index is 0. The third-order valence-electron chi connectivity index (χ3n) is 3.99. The molecule has 2 aliphatic heterocycles. The number of hydrogen-bond donors (Lipinski definition) is 0. The molecule has 22 heavy (non-hydrogen) atoms. The fourth-order valence-electron chi connectivity index (χ4n) is 2.60. The monoisotopic (exact) mass is 355 g/mol. The Morgan fingerprint density at radius 1 is 0.682 bits per heavy atom. The standard InChI is InChI=1S/C15H28O6.V/c1-5-14(16-7-3)18-9-13(10-19-14)11-20-15(6-2,17-8-4)21-12-13;/h5-12H2,1-4H3;. The summed E-state index contributed by atoms with van der Waals surface area (Å²) < 4.78 is 34.7. The number of ether oxygens (including phenoxy) is 6. The Labute approximate surface area is 145 Å². The van der Waals surface area contributed by atoms with Crippen LogP contribution in [-0.4, -0.2) is 51.6 Å². The first-order valence-corrected chi connectivity index (χ1v) is 7.91. The van der Waals surface area contributed by atoms with Crippen LogP contribution >= 0.6 is 0 Å². The Kier molecular flexibility index (Phi) is 7.83. The van der Waals surface area contributed by atoms with E-state index in [9.17, 15) is 0 Å². The predicted octanol–water partition coefficient (Wildman–Crippen LogP) is 2.26. The van der Waals surface area contributed by atoms with Crippen molar-refractivity contribution < 1.29 is 47.0 Å². The number of hydrogen-bond acceptors (Lipinski definition) is 6. The molecule has 2 aliphatic rings. The zero-order valence-corrected chi connectivity index (χ0v) is 15.5. The molecule has 0 N–H and O–H groups in total. The van der Waals surface area contributed by atoms with Gasteiger partial charge in [-0.2, -0.15) is 0 Å². The van der Waals surface area contributed by atoms with E-state index in [4.69, 9.17) is 28.4 Å². The molecule has 2 saturated heterocycles. The third kappa shape index (κ3) is 4.25. The van der Waals surface area contributed by atoms with Gasteiger partial charge in [-0.15, -0.1) is 0 Å². The first-order valence-electron chi connectivity index (χ1n) is 7.91. The van der Waals surface area contributed by atoms with Gasteiger partial charge in [0.2, 0.25) is 0 Å². The Balaban J connectivity index is 0.00000242. The van der Waals surface area contributed by atoms with Crippen molar-refractivity contribution in [2.45, 2.75) is 52.5 Å². The maximum absolute atomic E-state index is 5.86. The van der Waals surface area contributed by atoms with Gasteiger partial charge in [0, 0.05) is 44.6 Å². The van der Waals surface area contributed by atoms with Gasteiger partial charge in [0.25, 0.3) is 11.9 Å². The van der Waals surface area contributed by atoms with Crippen molar-refractivity contribution in [2.75, 3.05) is 39.6 Å². The molecule has 2 heterocycles. The molecule has 2 fully saturated rings. The van der Waals surface area contributed by atoms with Crippen LogP contribution < -0.4 is 0 Å². The quantitative estimate of drug-likeness (QED) is 0.729. The van der Waals surface area contributed by atoms with Gasteiger partial charge >= 0.3 is 0 Å². The topological polar surface area (TPSA) is 55.4 Å². The minimum atomic E-state index is -0.917. The summed E-state index contributed by atoms with van der Waals surface area (Å²) in [6.45, 7) is 10.9. The summed E-state index contributed by atoms with van der Waals surface area (Å²) in [5.41, 5.74) is -0.286. The molecular weight excluding hydrogens is 327 g/mol. The van der Waals surface area contributed by atoms with Gasteiger partial charge in [-0.1, -0.05) is 13.8 Å². The van der Waals surface area contributed by atoms with Gasteiger partial charge in [-0.25, -0.2) is 0 Å². The van der Waals surface area contributed by atoms with Gasteiger partial charge < -0.3 is 28.4 Å². The summed E-state index contributed by atoms with van der Waals surface area (Å²) in [7, 11) is 0. The Morgan fingerprint density at radius 3 is 1.23 bits per heavy atom. The maximum Gasteiger partial charge on any atom is 0.282 e. The predicted molar refractivity (Wildman–Crippen MR) is 75.5 cm³/mol. The molecule has 6 nitrogen and oxygen atoms in total. The number of rotatable bonds is 6. The molecule has 0 aromatic carbocycles. The summed E-state index contributed by atoms with van der Waals surface area (Å²) in [5, 5.41) is 0. The van der Waals surface area contributed by atoms with Crippen molar-refractivity contribution in [3.05, 3.63) is 0 Å². The second-order valence-corrected chi connectivity index (χ2v) is 5.59. The molecule has 0 aliphatic carbocycles. The summed E-state index contributed by atoms with van der Waals surface area (Å²) in [5.74, 6) is -1.83. The van der Waals surface area contributed by atoms with Crippen LogP contribution in [0, 0.1) is 5.41 Å². The van der Waals surface area contributed by atoms with E-state index in [2.05, 4.69) is 0 Å². The van der Waals surface area contributed by atoms with E-state index >= 15 is 0 Å². The average Bonchev–Trinajstić information content (AvgIpc) is 2.53. The molecule has 0 atom stereocenters. The molecule has 2 rings (SSSR count). The zero-order valence-electron chi connectivity index (χ0n) is 14.1. The van der Waals surface area contributed by atoms with Crippen molar-refractivity contribution in [3.63, 3.8) is 0 Å². The molecule has 0 amide bonds. The van der Waals surface area contributed by atoms with E-state index in [1.807, 2.05) is 27.7 Å². The zero-order chi connectivity index (χ0) is 15.4. The molecule has 0 unspecified atom stereocenters. The van der Waals surface area contributed by atoms with Crippen LogP contribution in [0.25, 0.3) is 0 Å². The normalized spacial score (nSPS) is 38.7. The van der Waals surface area contributed by atoms with Gasteiger partial charge in [-0.05, 0) is 13.8 Å².